The molecule has 0 fully saturated rings. The number of hydrogen-bond acceptors (Lipinski definition) is 10. The average molecular weight is 866 g/mol. The fourth-order valence-electron chi connectivity index (χ4n) is 7.34. The Morgan fingerprint density at radius 2 is 1.15 bits per heavy atom. The van der Waals surface area contributed by atoms with Crippen molar-refractivity contribution in [3.8, 4) is 0 Å². The van der Waals surface area contributed by atoms with Gasteiger partial charge in [-0.3, -0.25) is 18.6 Å². The third-order valence-electron chi connectivity index (χ3n) is 11.2. The van der Waals surface area contributed by atoms with Gasteiger partial charge in [-0.25, -0.2) is 4.57 Å². The summed E-state index contributed by atoms with van der Waals surface area (Å²) in [4.78, 5) is 37.3. The topological polar surface area (TPSA) is 138 Å². The maximum atomic E-state index is 12.8. The van der Waals surface area contributed by atoms with E-state index in [9.17, 15) is 19.0 Å². The molecule has 0 amide bonds. The summed E-state index contributed by atoms with van der Waals surface area (Å²) in [5, 5.41) is 0. The monoisotopic (exact) mass is 866 g/mol. The Labute approximate surface area is 364 Å². The van der Waals surface area contributed by atoms with Crippen LogP contribution in [0.3, 0.4) is 0 Å². The van der Waals surface area contributed by atoms with Gasteiger partial charge in [0, 0.05) is 45.1 Å². The standard InChI is InChI=1S/C48H84NO10P/c1-8-10-23-29-42-36-39(3)44(57-42)30-24-19-15-13-11-12-14-16-22-27-33-48(51)58-43(38-56-60(52,53)55-35-34-49(6)7)37-54-47(50)32-26-21-18-17-20-25-31-46-41(5)40(4)45(59-46)28-9-2/h36,43H,8-35,37-38H2,1-7H3,(H,52,53)/t43-/m1/s1. The van der Waals surface area contributed by atoms with Gasteiger partial charge in [-0.1, -0.05) is 104 Å². The summed E-state index contributed by atoms with van der Waals surface area (Å²) >= 11 is 0. The molecule has 0 bridgehead atoms. The Hall–Kier alpha value is -2.43. The summed E-state index contributed by atoms with van der Waals surface area (Å²) in [6.45, 7) is 10.6. The molecule has 0 spiro atoms. The summed E-state index contributed by atoms with van der Waals surface area (Å²) in [6.07, 6.45) is 25.3. The number of furan rings is 2. The first-order valence-electron chi connectivity index (χ1n) is 23.6. The highest BCUT2D eigenvalue weighted by Crippen LogP contribution is 2.43. The molecule has 0 saturated heterocycles. The summed E-state index contributed by atoms with van der Waals surface area (Å²) in [6, 6.07) is 2.22. The predicted octanol–water partition coefficient (Wildman–Crippen LogP) is 12.4. The molecule has 1 N–H and O–H groups in total. The third kappa shape index (κ3) is 24.9. The highest BCUT2D eigenvalue weighted by molar-refractivity contribution is 7.47. The van der Waals surface area contributed by atoms with E-state index in [4.69, 9.17) is 27.4 Å². The minimum atomic E-state index is -4.39. The Morgan fingerprint density at radius 3 is 1.72 bits per heavy atom. The highest BCUT2D eigenvalue weighted by atomic mass is 31.2. The SMILES string of the molecule is CCCCCc1cc(C)c(CCCCCCCCCCCCC(=O)O[C@H](COC(=O)CCCCCCCCc2oc(CCC)c(C)c2C)COP(=O)(O)OCCN(C)C)o1. The van der Waals surface area contributed by atoms with E-state index in [1.165, 1.54) is 80.2 Å². The molecule has 12 heteroatoms. The van der Waals surface area contributed by atoms with Crippen molar-refractivity contribution in [3.63, 3.8) is 0 Å². The van der Waals surface area contributed by atoms with Crippen LogP contribution in [0.15, 0.2) is 14.9 Å². The lowest BCUT2D eigenvalue weighted by atomic mass is 10.0. The smallest absolute Gasteiger partial charge is 0.466 e. The van der Waals surface area contributed by atoms with Gasteiger partial charge in [-0.2, -0.15) is 0 Å². The summed E-state index contributed by atoms with van der Waals surface area (Å²) < 4.78 is 45.9. The van der Waals surface area contributed by atoms with Crippen molar-refractivity contribution in [2.45, 2.75) is 208 Å². The lowest BCUT2D eigenvalue weighted by Gasteiger charge is -2.20. The van der Waals surface area contributed by atoms with Crippen LogP contribution in [0.2, 0.25) is 0 Å². The van der Waals surface area contributed by atoms with E-state index in [2.05, 4.69) is 40.7 Å². The zero-order valence-corrected chi connectivity index (χ0v) is 39.8. The van der Waals surface area contributed by atoms with Crippen LogP contribution < -0.4 is 0 Å². The van der Waals surface area contributed by atoms with Crippen LogP contribution in [0.4, 0.5) is 0 Å². The number of aryl methyl sites for hydroxylation is 5. The maximum absolute atomic E-state index is 12.8. The van der Waals surface area contributed by atoms with Gasteiger partial charge in [0.05, 0.1) is 13.2 Å². The molecule has 60 heavy (non-hydrogen) atoms. The summed E-state index contributed by atoms with van der Waals surface area (Å²) in [5.74, 6) is 3.71. The molecule has 0 aromatic carbocycles. The van der Waals surface area contributed by atoms with Gasteiger partial charge in [-0.05, 0) is 96.1 Å². The molecule has 0 saturated carbocycles. The van der Waals surface area contributed by atoms with Crippen molar-refractivity contribution >= 4 is 19.8 Å². The van der Waals surface area contributed by atoms with Crippen molar-refractivity contribution in [2.24, 2.45) is 0 Å². The van der Waals surface area contributed by atoms with Crippen molar-refractivity contribution in [1.82, 2.24) is 4.90 Å². The molecule has 2 atom stereocenters. The molecule has 0 radical (unpaired) electrons. The number of phosphoric ester groups is 1. The molecule has 1 unspecified atom stereocenters. The lowest BCUT2D eigenvalue weighted by Crippen LogP contribution is -2.29. The second-order valence-electron chi connectivity index (χ2n) is 17.1. The molecule has 0 aliphatic heterocycles. The first-order valence-corrected chi connectivity index (χ1v) is 25.1. The molecule has 346 valence electrons. The number of unbranched alkanes of at least 4 members (excludes halogenated alkanes) is 16. The minimum Gasteiger partial charge on any atom is -0.466 e. The van der Waals surface area contributed by atoms with Crippen LogP contribution in [0.25, 0.3) is 0 Å². The zero-order chi connectivity index (χ0) is 44.0. The molecular weight excluding hydrogens is 781 g/mol. The second-order valence-corrected chi connectivity index (χ2v) is 18.5. The number of carbonyl (C=O) groups is 2. The van der Waals surface area contributed by atoms with Crippen LogP contribution in [-0.4, -0.2) is 68.3 Å². The largest absolute Gasteiger partial charge is 0.472 e. The normalized spacial score (nSPS) is 13.2. The number of rotatable bonds is 38. The quantitative estimate of drug-likeness (QED) is 0.0392. The fourth-order valence-corrected chi connectivity index (χ4v) is 8.08. The van der Waals surface area contributed by atoms with Crippen LogP contribution in [-0.2, 0) is 58.4 Å². The van der Waals surface area contributed by atoms with Crippen molar-refractivity contribution < 1.29 is 46.4 Å². The predicted molar refractivity (Wildman–Crippen MR) is 240 cm³/mol. The van der Waals surface area contributed by atoms with Crippen LogP contribution >= 0.6 is 7.82 Å². The first kappa shape index (κ1) is 53.7. The number of likely N-dealkylation sites (N-methyl/N-ethyl adjacent to an activating group) is 1. The summed E-state index contributed by atoms with van der Waals surface area (Å²) in [5.41, 5.74) is 3.88. The number of nitrogens with zero attached hydrogens (tertiary/aromatic N) is 1. The Balaban J connectivity index is 1.60. The fraction of sp³-hybridized carbons (Fsp3) is 0.792. The Bertz CT molecular complexity index is 1480. The van der Waals surface area contributed by atoms with Crippen LogP contribution in [0.5, 0.6) is 0 Å². The van der Waals surface area contributed by atoms with Gasteiger partial charge < -0.3 is 28.1 Å². The van der Waals surface area contributed by atoms with E-state index in [1.54, 1.807) is 0 Å². The van der Waals surface area contributed by atoms with Gasteiger partial charge in [0.2, 0.25) is 0 Å². The molecule has 2 aromatic rings. The molecule has 2 rings (SSSR count). The van der Waals surface area contributed by atoms with Crippen molar-refractivity contribution in [3.05, 3.63) is 45.8 Å². The van der Waals surface area contributed by atoms with Gasteiger partial charge >= 0.3 is 19.8 Å². The van der Waals surface area contributed by atoms with Crippen molar-refractivity contribution in [1.29, 1.82) is 0 Å². The van der Waals surface area contributed by atoms with E-state index in [0.717, 1.165) is 101 Å². The number of hydrogen-bond donors (Lipinski definition) is 1. The number of phosphoric acid groups is 1. The maximum Gasteiger partial charge on any atom is 0.472 e. The lowest BCUT2D eigenvalue weighted by molar-refractivity contribution is -0.161. The van der Waals surface area contributed by atoms with Crippen LogP contribution in [0.1, 0.15) is 195 Å². The Morgan fingerprint density at radius 1 is 0.633 bits per heavy atom. The highest BCUT2D eigenvalue weighted by Gasteiger charge is 2.26. The first-order chi connectivity index (χ1) is 28.8. The van der Waals surface area contributed by atoms with E-state index in [1.807, 2.05) is 19.0 Å². The minimum absolute atomic E-state index is 0.00427. The molecule has 2 heterocycles. The van der Waals surface area contributed by atoms with E-state index < -0.39 is 32.5 Å². The number of carbonyl (C=O) groups excluding carboxylic acids is 2. The van der Waals surface area contributed by atoms with Crippen LogP contribution in [0, 0.1) is 20.8 Å². The Kier molecular flexibility index (Phi) is 28.9. The number of ether oxygens (including phenoxy) is 2. The van der Waals surface area contributed by atoms with Gasteiger partial charge in [0.15, 0.2) is 6.10 Å². The zero-order valence-electron chi connectivity index (χ0n) is 38.9. The van der Waals surface area contributed by atoms with Gasteiger partial charge in [-0.15, -0.1) is 0 Å². The van der Waals surface area contributed by atoms with E-state index in [-0.39, 0.29) is 26.1 Å². The molecule has 0 aliphatic rings. The average Bonchev–Trinajstić information content (AvgIpc) is 3.69. The molecular formula is C48H84NO10P. The van der Waals surface area contributed by atoms with Crippen molar-refractivity contribution in [2.75, 3.05) is 40.5 Å². The van der Waals surface area contributed by atoms with E-state index in [0.29, 0.717) is 19.4 Å². The van der Waals surface area contributed by atoms with Gasteiger partial charge in [0.25, 0.3) is 0 Å². The summed E-state index contributed by atoms with van der Waals surface area (Å²) in [7, 11) is -0.744. The molecule has 0 aliphatic carbocycles. The number of esters is 2. The van der Waals surface area contributed by atoms with E-state index >= 15 is 0 Å². The van der Waals surface area contributed by atoms with Gasteiger partial charge in [0.1, 0.15) is 29.6 Å². The molecule has 2 aromatic heterocycles. The third-order valence-corrected chi connectivity index (χ3v) is 12.2. The second kappa shape index (κ2) is 32.3. The molecule has 11 nitrogen and oxygen atoms in total.